The summed E-state index contributed by atoms with van der Waals surface area (Å²) in [6.07, 6.45) is 0. The molecule has 0 fully saturated rings. The first-order chi connectivity index (χ1) is 9.51. The highest BCUT2D eigenvalue weighted by molar-refractivity contribution is 5.99. The van der Waals surface area contributed by atoms with Crippen molar-refractivity contribution < 1.29 is 18.7 Å². The summed E-state index contributed by atoms with van der Waals surface area (Å²) in [4.78, 5) is 26.2. The van der Waals surface area contributed by atoms with Crippen LogP contribution in [0.25, 0.3) is 10.9 Å². The summed E-state index contributed by atoms with van der Waals surface area (Å²) in [5.74, 6) is -1.32. The van der Waals surface area contributed by atoms with Gasteiger partial charge in [0.1, 0.15) is 17.6 Å². The van der Waals surface area contributed by atoms with Crippen LogP contribution >= 0.6 is 0 Å². The van der Waals surface area contributed by atoms with E-state index in [4.69, 9.17) is 4.74 Å². The highest BCUT2D eigenvalue weighted by Crippen LogP contribution is 2.16. The third kappa shape index (κ3) is 2.96. The topological polar surface area (TPSA) is 71.2 Å². The molecule has 1 atom stereocenters. The molecule has 1 amide bonds. The number of benzene rings is 1. The Morgan fingerprint density at radius 1 is 1.40 bits per heavy atom. The molecule has 0 aliphatic heterocycles. The molecule has 1 aromatic heterocycles. The number of aromatic nitrogens is 1. The molecular formula is C14H15FN2O3. The molecule has 1 heterocycles. The summed E-state index contributed by atoms with van der Waals surface area (Å²) in [5, 5.41) is 3.24. The van der Waals surface area contributed by atoms with Crippen LogP contribution in [0.4, 0.5) is 4.39 Å². The number of rotatable bonds is 4. The van der Waals surface area contributed by atoms with E-state index < -0.39 is 17.9 Å². The summed E-state index contributed by atoms with van der Waals surface area (Å²) in [7, 11) is 0. The number of ether oxygens (including phenoxy) is 1. The molecule has 20 heavy (non-hydrogen) atoms. The van der Waals surface area contributed by atoms with Gasteiger partial charge in [0.25, 0.3) is 5.91 Å². The van der Waals surface area contributed by atoms with Gasteiger partial charge in [0.05, 0.1) is 6.61 Å². The minimum atomic E-state index is -0.745. The maximum Gasteiger partial charge on any atom is 0.328 e. The average molecular weight is 278 g/mol. The third-order valence-electron chi connectivity index (χ3n) is 2.82. The molecule has 0 aliphatic carbocycles. The lowest BCUT2D eigenvalue weighted by atomic mass is 10.2. The number of nitrogens with one attached hydrogen (secondary N) is 2. The number of halogens is 1. The molecule has 5 nitrogen and oxygen atoms in total. The fourth-order valence-corrected chi connectivity index (χ4v) is 1.82. The predicted octanol–water partition coefficient (Wildman–Crippen LogP) is 1.99. The number of H-pyrrole nitrogens is 1. The van der Waals surface area contributed by atoms with Crippen LogP contribution in [0.2, 0.25) is 0 Å². The van der Waals surface area contributed by atoms with Crippen molar-refractivity contribution in [3.05, 3.63) is 35.8 Å². The summed E-state index contributed by atoms with van der Waals surface area (Å²) < 4.78 is 17.9. The van der Waals surface area contributed by atoms with E-state index in [1.165, 1.54) is 19.1 Å². The quantitative estimate of drug-likeness (QED) is 0.840. The van der Waals surface area contributed by atoms with Crippen molar-refractivity contribution in [2.75, 3.05) is 6.61 Å². The Bertz CT molecular complexity index is 651. The maximum atomic E-state index is 13.1. The Balaban J connectivity index is 2.13. The van der Waals surface area contributed by atoms with E-state index in [0.717, 1.165) is 5.39 Å². The molecule has 0 radical (unpaired) electrons. The number of carbonyl (C=O) groups is 2. The van der Waals surface area contributed by atoms with Gasteiger partial charge in [-0.2, -0.15) is 0 Å². The third-order valence-corrected chi connectivity index (χ3v) is 2.82. The maximum absolute atomic E-state index is 13.1. The second-order valence-electron chi connectivity index (χ2n) is 4.36. The largest absolute Gasteiger partial charge is 0.464 e. The van der Waals surface area contributed by atoms with Crippen LogP contribution in [-0.2, 0) is 9.53 Å². The fourth-order valence-electron chi connectivity index (χ4n) is 1.82. The molecule has 0 aliphatic rings. The second-order valence-corrected chi connectivity index (χ2v) is 4.36. The van der Waals surface area contributed by atoms with Gasteiger partial charge >= 0.3 is 5.97 Å². The standard InChI is InChI=1S/C14H15FN2O3/c1-3-20-14(19)8(2)16-13(18)12-6-9-4-5-10(15)7-11(9)17-12/h4-8,17H,3H2,1-2H3,(H,16,18)/t8-/m0/s1. The van der Waals surface area contributed by atoms with Crippen molar-refractivity contribution >= 4 is 22.8 Å². The monoisotopic (exact) mass is 278 g/mol. The van der Waals surface area contributed by atoms with Crippen molar-refractivity contribution in [3.63, 3.8) is 0 Å². The lowest BCUT2D eigenvalue weighted by molar-refractivity contribution is -0.144. The molecule has 1 aromatic carbocycles. The van der Waals surface area contributed by atoms with Gasteiger partial charge in [-0.05, 0) is 38.1 Å². The van der Waals surface area contributed by atoms with Gasteiger partial charge in [0, 0.05) is 10.9 Å². The number of esters is 1. The Kier molecular flexibility index (Phi) is 4.02. The molecule has 2 aromatic rings. The van der Waals surface area contributed by atoms with Gasteiger partial charge in [-0.1, -0.05) is 0 Å². The molecule has 0 saturated heterocycles. The van der Waals surface area contributed by atoms with Crippen molar-refractivity contribution in [1.29, 1.82) is 0 Å². The Labute approximate surface area is 115 Å². The van der Waals surface area contributed by atoms with E-state index >= 15 is 0 Å². The molecule has 2 N–H and O–H groups in total. The highest BCUT2D eigenvalue weighted by Gasteiger charge is 2.18. The number of amides is 1. The van der Waals surface area contributed by atoms with Crippen LogP contribution in [0.3, 0.4) is 0 Å². The minimum Gasteiger partial charge on any atom is -0.464 e. The number of aromatic amines is 1. The first kappa shape index (κ1) is 14.0. The average Bonchev–Trinajstić information content (AvgIpc) is 2.81. The highest BCUT2D eigenvalue weighted by atomic mass is 19.1. The normalized spacial score (nSPS) is 12.2. The first-order valence-electron chi connectivity index (χ1n) is 6.27. The van der Waals surface area contributed by atoms with Crippen molar-refractivity contribution in [2.24, 2.45) is 0 Å². The smallest absolute Gasteiger partial charge is 0.328 e. The molecule has 0 unspecified atom stereocenters. The Morgan fingerprint density at radius 2 is 2.15 bits per heavy atom. The van der Waals surface area contributed by atoms with Gasteiger partial charge in [0.2, 0.25) is 0 Å². The molecule has 106 valence electrons. The van der Waals surface area contributed by atoms with Crippen LogP contribution in [0.5, 0.6) is 0 Å². The minimum absolute atomic E-state index is 0.255. The van der Waals surface area contributed by atoms with Crippen LogP contribution in [-0.4, -0.2) is 29.5 Å². The summed E-state index contributed by atoms with van der Waals surface area (Å²) in [6, 6.07) is 5.06. The molecule has 2 rings (SSSR count). The van der Waals surface area contributed by atoms with Crippen molar-refractivity contribution in [3.8, 4) is 0 Å². The molecule has 6 heteroatoms. The number of carbonyl (C=O) groups excluding carboxylic acids is 2. The zero-order valence-corrected chi connectivity index (χ0v) is 11.2. The van der Waals surface area contributed by atoms with Gasteiger partial charge in [-0.25, -0.2) is 9.18 Å². The first-order valence-corrected chi connectivity index (χ1v) is 6.27. The van der Waals surface area contributed by atoms with E-state index in [2.05, 4.69) is 10.3 Å². The van der Waals surface area contributed by atoms with Gasteiger partial charge < -0.3 is 15.0 Å². The molecule has 0 saturated carbocycles. The van der Waals surface area contributed by atoms with E-state index in [0.29, 0.717) is 5.52 Å². The predicted molar refractivity (Wildman–Crippen MR) is 71.8 cm³/mol. The lowest BCUT2D eigenvalue weighted by Crippen LogP contribution is -2.39. The van der Waals surface area contributed by atoms with Crippen LogP contribution in [0.1, 0.15) is 24.3 Å². The Morgan fingerprint density at radius 3 is 2.85 bits per heavy atom. The fraction of sp³-hybridized carbons (Fsp3) is 0.286. The zero-order chi connectivity index (χ0) is 14.7. The molecular weight excluding hydrogens is 263 g/mol. The van der Waals surface area contributed by atoms with Crippen molar-refractivity contribution in [1.82, 2.24) is 10.3 Å². The van der Waals surface area contributed by atoms with E-state index in [1.54, 1.807) is 19.1 Å². The second kappa shape index (κ2) is 5.73. The van der Waals surface area contributed by atoms with Gasteiger partial charge in [-0.15, -0.1) is 0 Å². The van der Waals surface area contributed by atoms with E-state index in [1.807, 2.05) is 0 Å². The van der Waals surface area contributed by atoms with Gasteiger partial charge in [0.15, 0.2) is 0 Å². The van der Waals surface area contributed by atoms with Crippen LogP contribution in [0, 0.1) is 5.82 Å². The molecule has 0 spiro atoms. The van der Waals surface area contributed by atoms with Crippen LogP contribution in [0.15, 0.2) is 24.3 Å². The number of hydrogen-bond acceptors (Lipinski definition) is 3. The molecule has 0 bridgehead atoms. The SMILES string of the molecule is CCOC(=O)[C@H](C)NC(=O)c1cc2ccc(F)cc2[nH]1. The summed E-state index contributed by atoms with van der Waals surface area (Å²) in [6.45, 7) is 3.49. The Hall–Kier alpha value is -2.37. The van der Waals surface area contributed by atoms with E-state index in [-0.39, 0.29) is 18.1 Å². The van der Waals surface area contributed by atoms with Gasteiger partial charge in [-0.3, -0.25) is 4.79 Å². The van der Waals surface area contributed by atoms with Crippen LogP contribution < -0.4 is 5.32 Å². The van der Waals surface area contributed by atoms with Crippen molar-refractivity contribution in [2.45, 2.75) is 19.9 Å². The number of fused-ring (bicyclic) bond motifs is 1. The summed E-state index contributed by atoms with van der Waals surface area (Å²) in [5.41, 5.74) is 0.792. The lowest BCUT2D eigenvalue weighted by Gasteiger charge is -2.11. The van der Waals surface area contributed by atoms with E-state index in [9.17, 15) is 14.0 Å². The summed E-state index contributed by atoms with van der Waals surface area (Å²) >= 11 is 0. The zero-order valence-electron chi connectivity index (χ0n) is 11.2. The number of hydrogen-bond donors (Lipinski definition) is 2.